The molecule has 0 heterocycles. The molecular weight excluding hydrogens is 243 g/mol. The van der Waals surface area contributed by atoms with Crippen molar-refractivity contribution in [2.24, 2.45) is 11.7 Å². The zero-order chi connectivity index (χ0) is 13.0. The van der Waals surface area contributed by atoms with Crippen molar-refractivity contribution in [1.29, 1.82) is 0 Å². The Kier molecular flexibility index (Phi) is 4.90. The van der Waals surface area contributed by atoms with Crippen molar-refractivity contribution in [2.75, 3.05) is 5.32 Å². The molecule has 1 amide bonds. The Morgan fingerprint density at radius 3 is 2.71 bits per heavy atom. The molecule has 0 aromatic heterocycles. The van der Waals surface area contributed by atoms with Crippen LogP contribution in [0.25, 0.3) is 0 Å². The molecule has 0 aliphatic rings. The average Bonchev–Trinajstić information content (AvgIpc) is 2.22. The third kappa shape index (κ3) is 3.98. The molecule has 0 unspecified atom stereocenters. The number of hydrogen-bond acceptors (Lipinski definition) is 2. The smallest absolute Gasteiger partial charge is 0.241 e. The van der Waals surface area contributed by atoms with Crippen LogP contribution in [-0.4, -0.2) is 11.9 Å². The highest BCUT2D eigenvalue weighted by molar-refractivity contribution is 6.33. The maximum Gasteiger partial charge on any atom is 0.241 e. The first-order chi connectivity index (χ1) is 7.91. The molecule has 0 fully saturated rings. The fourth-order valence-electron chi connectivity index (χ4n) is 1.45. The SMILES string of the molecule is CC(C)C[C@@H](N)C(=O)Nc1c(F)cccc1Cl. The van der Waals surface area contributed by atoms with Crippen molar-refractivity contribution in [1.82, 2.24) is 0 Å². The second-order valence-corrected chi connectivity index (χ2v) is 4.73. The molecule has 0 saturated heterocycles. The van der Waals surface area contributed by atoms with Crippen LogP contribution in [0.1, 0.15) is 20.3 Å². The number of carbonyl (C=O) groups excluding carboxylic acids is 1. The summed E-state index contributed by atoms with van der Waals surface area (Å²) in [5.41, 5.74) is 5.67. The van der Waals surface area contributed by atoms with E-state index in [1.165, 1.54) is 18.2 Å². The van der Waals surface area contributed by atoms with Gasteiger partial charge in [0.25, 0.3) is 0 Å². The molecule has 1 rings (SSSR count). The van der Waals surface area contributed by atoms with Gasteiger partial charge in [-0.3, -0.25) is 4.79 Å². The summed E-state index contributed by atoms with van der Waals surface area (Å²) in [6, 6.07) is 3.55. The Morgan fingerprint density at radius 1 is 1.53 bits per heavy atom. The highest BCUT2D eigenvalue weighted by Gasteiger charge is 2.17. The third-order valence-electron chi connectivity index (χ3n) is 2.27. The maximum absolute atomic E-state index is 13.4. The van der Waals surface area contributed by atoms with Crippen molar-refractivity contribution >= 4 is 23.2 Å². The summed E-state index contributed by atoms with van der Waals surface area (Å²) in [7, 11) is 0. The molecule has 0 radical (unpaired) electrons. The third-order valence-corrected chi connectivity index (χ3v) is 2.59. The zero-order valence-corrected chi connectivity index (χ0v) is 10.6. The topological polar surface area (TPSA) is 55.1 Å². The quantitative estimate of drug-likeness (QED) is 0.873. The number of rotatable bonds is 4. The Hall–Kier alpha value is -1.13. The molecule has 17 heavy (non-hydrogen) atoms. The molecule has 94 valence electrons. The minimum absolute atomic E-state index is 0.0154. The maximum atomic E-state index is 13.4. The van der Waals surface area contributed by atoms with Crippen molar-refractivity contribution in [2.45, 2.75) is 26.3 Å². The Morgan fingerprint density at radius 2 is 2.18 bits per heavy atom. The van der Waals surface area contributed by atoms with Gasteiger partial charge in [0.15, 0.2) is 0 Å². The van der Waals surface area contributed by atoms with Crippen molar-refractivity contribution in [3.63, 3.8) is 0 Å². The predicted molar refractivity (Wildman–Crippen MR) is 67.5 cm³/mol. The number of benzene rings is 1. The second-order valence-electron chi connectivity index (χ2n) is 4.32. The van der Waals surface area contributed by atoms with Crippen LogP contribution >= 0.6 is 11.6 Å². The van der Waals surface area contributed by atoms with Crippen LogP contribution in [0.4, 0.5) is 10.1 Å². The molecule has 0 aliphatic carbocycles. The highest BCUT2D eigenvalue weighted by atomic mass is 35.5. The van der Waals surface area contributed by atoms with Gasteiger partial charge in [0, 0.05) is 0 Å². The number of hydrogen-bond donors (Lipinski definition) is 2. The number of amides is 1. The lowest BCUT2D eigenvalue weighted by molar-refractivity contribution is -0.117. The van der Waals surface area contributed by atoms with Crippen LogP contribution in [0.15, 0.2) is 18.2 Å². The Balaban J connectivity index is 2.74. The fraction of sp³-hybridized carbons (Fsp3) is 0.417. The summed E-state index contributed by atoms with van der Waals surface area (Å²) < 4.78 is 13.4. The predicted octanol–water partition coefficient (Wildman–Crippen LogP) is 2.79. The summed E-state index contributed by atoms with van der Waals surface area (Å²) in [6.45, 7) is 3.92. The van der Waals surface area contributed by atoms with Crippen molar-refractivity contribution in [3.8, 4) is 0 Å². The summed E-state index contributed by atoms with van der Waals surface area (Å²) >= 11 is 5.79. The molecule has 1 atom stereocenters. The minimum atomic E-state index is -0.661. The van der Waals surface area contributed by atoms with Gasteiger partial charge < -0.3 is 11.1 Å². The van der Waals surface area contributed by atoms with Crippen molar-refractivity contribution in [3.05, 3.63) is 29.0 Å². The van der Waals surface area contributed by atoms with E-state index in [9.17, 15) is 9.18 Å². The first-order valence-electron chi connectivity index (χ1n) is 5.42. The number of nitrogens with two attached hydrogens (primary N) is 1. The molecule has 0 saturated carbocycles. The van der Waals surface area contributed by atoms with Crippen LogP contribution in [-0.2, 0) is 4.79 Å². The lowest BCUT2D eigenvalue weighted by Crippen LogP contribution is -2.36. The number of para-hydroxylation sites is 1. The van der Waals surface area contributed by atoms with Gasteiger partial charge in [-0.05, 0) is 24.5 Å². The lowest BCUT2D eigenvalue weighted by atomic mass is 10.0. The number of halogens is 2. The number of carbonyl (C=O) groups is 1. The van der Waals surface area contributed by atoms with Gasteiger partial charge in [-0.1, -0.05) is 31.5 Å². The van der Waals surface area contributed by atoms with Crippen LogP contribution in [0.2, 0.25) is 5.02 Å². The van der Waals surface area contributed by atoms with Crippen LogP contribution in [0.5, 0.6) is 0 Å². The standard InChI is InChI=1S/C12H16ClFN2O/c1-7(2)6-10(15)12(17)16-11-8(13)4-3-5-9(11)14/h3-5,7,10H,6,15H2,1-2H3,(H,16,17)/t10-/m1/s1. The van der Waals surface area contributed by atoms with E-state index in [-0.39, 0.29) is 10.7 Å². The molecule has 0 aliphatic heterocycles. The Labute approximate surface area is 105 Å². The van der Waals surface area contributed by atoms with E-state index in [2.05, 4.69) is 5.32 Å². The Bertz CT molecular complexity index is 389. The summed E-state index contributed by atoms with van der Waals surface area (Å²) in [5.74, 6) is -0.694. The fourth-order valence-corrected chi connectivity index (χ4v) is 1.66. The molecule has 3 N–H and O–H groups in total. The van der Waals surface area contributed by atoms with E-state index in [1.54, 1.807) is 0 Å². The largest absolute Gasteiger partial charge is 0.321 e. The molecular formula is C12H16ClFN2O. The van der Waals surface area contributed by atoms with E-state index in [1.807, 2.05) is 13.8 Å². The molecule has 0 spiro atoms. The summed E-state index contributed by atoms with van der Waals surface area (Å²) in [5, 5.41) is 2.57. The molecule has 3 nitrogen and oxygen atoms in total. The first-order valence-corrected chi connectivity index (χ1v) is 5.80. The van der Waals surface area contributed by atoms with Gasteiger partial charge >= 0.3 is 0 Å². The second kappa shape index (κ2) is 5.98. The van der Waals surface area contributed by atoms with Gasteiger partial charge in [-0.25, -0.2) is 4.39 Å². The zero-order valence-electron chi connectivity index (χ0n) is 9.84. The van der Waals surface area contributed by atoms with E-state index in [0.29, 0.717) is 12.3 Å². The summed E-state index contributed by atoms with van der Waals surface area (Å²) in [4.78, 5) is 11.7. The number of nitrogens with one attached hydrogen (secondary N) is 1. The number of anilines is 1. The molecule has 5 heteroatoms. The lowest BCUT2D eigenvalue weighted by Gasteiger charge is -2.15. The first kappa shape index (κ1) is 13.9. The normalized spacial score (nSPS) is 12.6. The molecule has 1 aromatic carbocycles. The van der Waals surface area contributed by atoms with Crippen molar-refractivity contribution < 1.29 is 9.18 Å². The molecule has 1 aromatic rings. The minimum Gasteiger partial charge on any atom is -0.321 e. The van der Waals surface area contributed by atoms with Gasteiger partial charge in [0.05, 0.1) is 16.8 Å². The van der Waals surface area contributed by atoms with E-state index >= 15 is 0 Å². The van der Waals surface area contributed by atoms with Gasteiger partial charge in [0.2, 0.25) is 5.91 Å². The van der Waals surface area contributed by atoms with Gasteiger partial charge in [-0.15, -0.1) is 0 Å². The van der Waals surface area contributed by atoms with Crippen LogP contribution < -0.4 is 11.1 Å². The van der Waals surface area contributed by atoms with Gasteiger partial charge in [0.1, 0.15) is 5.82 Å². The highest BCUT2D eigenvalue weighted by Crippen LogP contribution is 2.24. The monoisotopic (exact) mass is 258 g/mol. The van der Waals surface area contributed by atoms with E-state index in [0.717, 1.165) is 0 Å². The molecule has 0 bridgehead atoms. The van der Waals surface area contributed by atoms with E-state index in [4.69, 9.17) is 17.3 Å². The van der Waals surface area contributed by atoms with Crippen LogP contribution in [0, 0.1) is 11.7 Å². The summed E-state index contributed by atoms with van der Waals surface area (Å²) in [6.07, 6.45) is 0.540. The average molecular weight is 259 g/mol. The van der Waals surface area contributed by atoms with Crippen LogP contribution in [0.3, 0.4) is 0 Å². The van der Waals surface area contributed by atoms with Gasteiger partial charge in [-0.2, -0.15) is 0 Å². The van der Waals surface area contributed by atoms with E-state index < -0.39 is 17.8 Å².